The maximum atomic E-state index is 15.0. The summed E-state index contributed by atoms with van der Waals surface area (Å²) >= 11 is 8.98. The van der Waals surface area contributed by atoms with Crippen molar-refractivity contribution in [3.63, 3.8) is 0 Å². The molecule has 0 bridgehead atoms. The molecule has 612 valence electrons. The number of hydrogen-bond acceptors (Lipinski definition) is 20. The van der Waals surface area contributed by atoms with Gasteiger partial charge in [0, 0.05) is 94.2 Å². The normalized spacial score (nSPS) is 18.7. The molecule has 15 rings (SSSR count). The Balaban J connectivity index is 0.000000145. The summed E-state index contributed by atoms with van der Waals surface area (Å²) in [5.74, 6) is -2.85. The van der Waals surface area contributed by atoms with Crippen LogP contribution in [0.1, 0.15) is 135 Å². The molecule has 5 fully saturated rings. The summed E-state index contributed by atoms with van der Waals surface area (Å²) in [5.41, 5.74) is 2.75. The van der Waals surface area contributed by atoms with Crippen LogP contribution in [0, 0.1) is 34.9 Å². The fraction of sp³-hybridized carbons (Fsp3) is 0.395. The summed E-state index contributed by atoms with van der Waals surface area (Å²) in [7, 11) is 3.61. The average molecular weight is 1680 g/mol. The quantitative estimate of drug-likeness (QED) is 0.0399. The minimum absolute atomic E-state index is 0.0124. The van der Waals surface area contributed by atoms with Gasteiger partial charge in [0.2, 0.25) is 12.6 Å². The number of fused-ring (bicyclic) bond motifs is 2. The van der Waals surface area contributed by atoms with Crippen LogP contribution in [-0.4, -0.2) is 162 Å². The summed E-state index contributed by atoms with van der Waals surface area (Å²) in [4.78, 5) is 21.4. The van der Waals surface area contributed by atoms with Crippen molar-refractivity contribution in [2.24, 2.45) is 0 Å². The SMILES string of the molecule is CC1(C)OC(C2OC(C)(C)C(C)(C)O2)OC1(C)C.COc1ccc(C(O)c2cc(-c3ncnc4cc(N5CCOCC5)ccc34)c(F)cc2F)cc1.COc1ccc(C(O)c2cc(B3OC(C)(C)C(C)(C)O3)c(F)cc2F)cc1.COc1ccc(C(O)c2cc(Br)c(F)cc2F)cc1.Clc1ncnc2cc(N3CCOCC3)ccc12. The Kier molecular flexibility index (Phi) is 27.4. The van der Waals surface area contributed by atoms with Gasteiger partial charge < -0.3 is 77.1 Å². The number of halogens is 8. The lowest BCUT2D eigenvalue weighted by Crippen LogP contribution is -2.41. The molecule has 3 N–H and O–H groups in total. The Morgan fingerprint density at radius 3 is 1.19 bits per heavy atom. The van der Waals surface area contributed by atoms with Gasteiger partial charge in [0.05, 0.1) is 103 Å². The number of nitrogens with zero attached hydrogens (tertiary/aromatic N) is 6. The molecule has 10 aromatic rings. The van der Waals surface area contributed by atoms with Crippen molar-refractivity contribution < 1.29 is 93.6 Å². The highest BCUT2D eigenvalue weighted by molar-refractivity contribution is 9.10. The van der Waals surface area contributed by atoms with E-state index < -0.39 is 84.1 Å². The second-order valence-electron chi connectivity index (χ2n) is 30.9. The van der Waals surface area contributed by atoms with E-state index in [-0.39, 0.29) is 54.6 Å². The first-order valence-electron chi connectivity index (χ1n) is 37.3. The van der Waals surface area contributed by atoms with Gasteiger partial charge in [-0.25, -0.2) is 46.3 Å². The topological polar surface area (TPSA) is 220 Å². The molecule has 0 saturated carbocycles. The van der Waals surface area contributed by atoms with E-state index in [1.165, 1.54) is 52.2 Å². The summed E-state index contributed by atoms with van der Waals surface area (Å²) in [5, 5.41) is 33.6. The van der Waals surface area contributed by atoms with Crippen LogP contribution in [-0.2, 0) is 37.7 Å². The van der Waals surface area contributed by atoms with Crippen LogP contribution < -0.4 is 29.5 Å². The lowest BCUT2D eigenvalue weighted by molar-refractivity contribution is -0.238. The third-order valence-corrected chi connectivity index (χ3v) is 22.8. The van der Waals surface area contributed by atoms with Gasteiger partial charge in [-0.15, -0.1) is 0 Å². The van der Waals surface area contributed by atoms with Crippen molar-refractivity contribution in [1.29, 1.82) is 0 Å². The monoisotopic (exact) mass is 1670 g/mol. The molecule has 0 spiro atoms. The molecule has 0 amide bonds. The minimum atomic E-state index is -1.29. The van der Waals surface area contributed by atoms with Crippen LogP contribution in [0.15, 0.2) is 163 Å². The predicted molar refractivity (Wildman–Crippen MR) is 431 cm³/mol. The van der Waals surface area contributed by atoms with Gasteiger partial charge in [0.15, 0.2) is 0 Å². The highest BCUT2D eigenvalue weighted by atomic mass is 79.9. The van der Waals surface area contributed by atoms with Gasteiger partial charge >= 0.3 is 7.12 Å². The lowest BCUT2D eigenvalue weighted by atomic mass is 9.77. The van der Waals surface area contributed by atoms with Gasteiger partial charge in [-0.05, 0) is 201 Å². The molecule has 0 radical (unpaired) electrons. The van der Waals surface area contributed by atoms with Crippen molar-refractivity contribution in [1.82, 2.24) is 19.9 Å². The molecule has 115 heavy (non-hydrogen) atoms. The van der Waals surface area contributed by atoms with Crippen molar-refractivity contribution in [2.75, 3.05) is 83.7 Å². The van der Waals surface area contributed by atoms with Gasteiger partial charge in [-0.2, -0.15) is 0 Å². The molecule has 5 saturated heterocycles. The first-order valence-corrected chi connectivity index (χ1v) is 38.5. The van der Waals surface area contributed by atoms with E-state index in [1.807, 2.05) is 113 Å². The number of hydrogen-bond donors (Lipinski definition) is 3. The largest absolute Gasteiger partial charge is 0.497 e. The lowest BCUT2D eigenvalue weighted by Gasteiger charge is -2.32. The van der Waals surface area contributed by atoms with E-state index in [4.69, 9.17) is 63.5 Å². The highest BCUT2D eigenvalue weighted by Crippen LogP contribution is 2.47. The Bertz CT molecular complexity index is 4950. The third kappa shape index (κ3) is 19.8. The maximum Gasteiger partial charge on any atom is 0.497 e. The molecule has 29 heteroatoms. The van der Waals surface area contributed by atoms with Gasteiger partial charge in [0.1, 0.15) is 88.3 Å². The summed E-state index contributed by atoms with van der Waals surface area (Å²) in [6.07, 6.45) is -1.81. The van der Waals surface area contributed by atoms with E-state index in [0.29, 0.717) is 68.9 Å². The number of benzene rings is 8. The number of anilines is 2. The van der Waals surface area contributed by atoms with Gasteiger partial charge in [0.25, 0.3) is 0 Å². The number of aromatic nitrogens is 4. The average Bonchev–Trinajstić information content (AvgIpc) is 1.70. The van der Waals surface area contributed by atoms with Crippen LogP contribution >= 0.6 is 27.5 Å². The smallest absolute Gasteiger partial charge is 0.497 e. The number of rotatable bonds is 14. The second-order valence-corrected chi connectivity index (χ2v) is 32.1. The van der Waals surface area contributed by atoms with E-state index in [2.05, 4.69) is 51.7 Å². The Labute approximate surface area is 679 Å². The number of aliphatic hydroxyl groups excluding tert-OH is 3. The molecule has 2 aromatic heterocycles. The fourth-order valence-corrected chi connectivity index (χ4v) is 13.4. The zero-order valence-corrected chi connectivity index (χ0v) is 69.0. The van der Waals surface area contributed by atoms with Crippen LogP contribution in [0.2, 0.25) is 5.15 Å². The number of ether oxygens (including phenoxy) is 9. The first kappa shape index (κ1) is 87.3. The number of aliphatic hydroxyl groups is 3. The molecule has 3 unspecified atom stereocenters. The Morgan fingerprint density at radius 1 is 0.426 bits per heavy atom. The zero-order chi connectivity index (χ0) is 83.3. The van der Waals surface area contributed by atoms with Crippen molar-refractivity contribution in [3.05, 3.63) is 236 Å². The zero-order valence-electron chi connectivity index (χ0n) is 66.7. The predicted octanol–water partition coefficient (Wildman–Crippen LogP) is 16.6. The Hall–Kier alpha value is -8.59. The second kappa shape index (κ2) is 36.1. The third-order valence-electron chi connectivity index (χ3n) is 21.9. The van der Waals surface area contributed by atoms with Gasteiger partial charge in [-0.1, -0.05) is 54.1 Å². The molecular formula is C86H95BBrClF6N6O14. The Morgan fingerprint density at radius 2 is 0.783 bits per heavy atom. The van der Waals surface area contributed by atoms with Crippen LogP contribution in [0.4, 0.5) is 37.7 Å². The first-order chi connectivity index (χ1) is 54.3. The molecular weight excluding hydrogens is 1580 g/mol. The highest BCUT2D eigenvalue weighted by Gasteiger charge is 2.58. The molecule has 8 aromatic carbocycles. The fourth-order valence-electron chi connectivity index (χ4n) is 12.9. The summed E-state index contributed by atoms with van der Waals surface area (Å²) < 4.78 is 147. The molecule has 0 aliphatic carbocycles. The maximum absolute atomic E-state index is 15.0. The molecule has 20 nitrogen and oxygen atoms in total. The molecule has 3 atom stereocenters. The van der Waals surface area contributed by atoms with Crippen LogP contribution in [0.3, 0.4) is 0 Å². The molecule has 5 aliphatic rings. The van der Waals surface area contributed by atoms with Crippen LogP contribution in [0.25, 0.3) is 33.1 Å². The van der Waals surface area contributed by atoms with E-state index in [9.17, 15) is 41.7 Å². The van der Waals surface area contributed by atoms with Crippen molar-refractivity contribution >= 4 is 73.3 Å². The standard InChI is InChI=1S/C26H23F2N3O3.C20H23BF2O4.C14H11BrF2O2.C14H26O4.C12H12ClN3O/c1-33-18-5-2-16(3-6-18)26(32)21-13-20(22(27)14-23(21)28)25-19-7-4-17(12-24(19)29-15-30-25)31-8-10-34-11-9-31;1-19(2)20(3,4)27-21(26-19)15-10-14(16(22)11-17(15)23)18(24)12-6-8-13(25-5)9-7-12;1-19-9-4-2-8(3-5-9)14(18)10-6-11(15)13(17)7-12(10)16;1-11(2)12(3,4)16-9(15-11)10-17-13(5,6)14(7,8)18-10;13-12-10-2-1-9(7-11(10)14-8-15-12)16-3-5-17-6-4-16/h2-7,12-15,26,32H,8-11H2,1H3;6-11,18,24H,1-5H3;2-7,14,18H,1H3;9-10H,1-8H3;1-2,7-8H,3-6H2. The van der Waals surface area contributed by atoms with Crippen LogP contribution in [0.5, 0.6) is 17.2 Å². The molecule has 7 heterocycles. The van der Waals surface area contributed by atoms with E-state index in [1.54, 1.807) is 72.8 Å². The van der Waals surface area contributed by atoms with E-state index in [0.717, 1.165) is 79.9 Å². The molecule has 5 aliphatic heterocycles. The number of methoxy groups -OCH3 is 3. The van der Waals surface area contributed by atoms with E-state index >= 15 is 0 Å². The minimum Gasteiger partial charge on any atom is -0.497 e. The van der Waals surface area contributed by atoms with Gasteiger partial charge in [-0.3, -0.25) is 0 Å². The summed E-state index contributed by atoms with van der Waals surface area (Å²) in [6, 6.07) is 37.7. The number of morpholine rings is 2. The van der Waals surface area contributed by atoms with Crippen molar-refractivity contribution in [2.45, 2.75) is 148 Å². The van der Waals surface area contributed by atoms with Crippen molar-refractivity contribution in [3.8, 4) is 28.5 Å². The summed E-state index contributed by atoms with van der Waals surface area (Å²) in [6.45, 7) is 29.9.